The first kappa shape index (κ1) is 15.7. The Balaban J connectivity index is 1.56. The zero-order valence-corrected chi connectivity index (χ0v) is 12.1. The Labute approximate surface area is 134 Å². The normalized spacial score (nSPS) is 14.1. The molecule has 24 heavy (non-hydrogen) atoms. The van der Waals surface area contributed by atoms with Gasteiger partial charge in [0.25, 0.3) is 5.91 Å². The maximum absolute atomic E-state index is 12.9. The zero-order chi connectivity index (χ0) is 17.2. The minimum absolute atomic E-state index is 0.131. The van der Waals surface area contributed by atoms with Crippen molar-refractivity contribution in [3.8, 4) is 11.5 Å². The molecule has 0 fully saturated rings. The number of amides is 1. The molecule has 1 heterocycles. The van der Waals surface area contributed by atoms with Crippen LogP contribution in [0.2, 0.25) is 0 Å². The molecule has 1 aliphatic heterocycles. The lowest BCUT2D eigenvalue weighted by molar-refractivity contribution is -0.286. The van der Waals surface area contributed by atoms with E-state index in [1.54, 1.807) is 30.3 Å². The Kier molecular flexibility index (Phi) is 4.03. The molecule has 0 saturated heterocycles. The molecule has 0 atom stereocenters. The van der Waals surface area contributed by atoms with Gasteiger partial charge in [-0.2, -0.15) is 0 Å². The van der Waals surface area contributed by atoms with Crippen LogP contribution in [0.1, 0.15) is 10.4 Å². The number of hydrogen-bond donors (Lipinski definition) is 1. The fourth-order valence-electron chi connectivity index (χ4n) is 2.01. The van der Waals surface area contributed by atoms with E-state index in [9.17, 15) is 18.4 Å². The Bertz CT molecular complexity index is 779. The lowest BCUT2D eigenvalue weighted by atomic mass is 10.2. The number of carbonyl (C=O) groups is 2. The van der Waals surface area contributed by atoms with Crippen molar-refractivity contribution in [1.82, 2.24) is 0 Å². The average Bonchev–Trinajstić information content (AvgIpc) is 2.86. The molecule has 2 aromatic carbocycles. The molecule has 1 amide bonds. The molecule has 0 radical (unpaired) electrons. The molecule has 0 aliphatic carbocycles. The fourth-order valence-corrected chi connectivity index (χ4v) is 2.01. The second kappa shape index (κ2) is 6.15. The van der Waals surface area contributed by atoms with Crippen LogP contribution in [-0.2, 0) is 9.53 Å². The zero-order valence-electron chi connectivity index (χ0n) is 12.1. The van der Waals surface area contributed by atoms with Gasteiger partial charge in [0.1, 0.15) is 0 Å². The summed E-state index contributed by atoms with van der Waals surface area (Å²) in [5, 5.41) is 2.41. The number of ether oxygens (including phenoxy) is 3. The number of hydrogen-bond acceptors (Lipinski definition) is 5. The molecule has 3 rings (SSSR count). The van der Waals surface area contributed by atoms with Crippen molar-refractivity contribution < 1.29 is 32.6 Å². The number of esters is 1. The molecule has 0 aromatic heterocycles. The number of nitrogens with one attached hydrogen (secondary N) is 1. The van der Waals surface area contributed by atoms with Crippen LogP contribution in [0.15, 0.2) is 48.5 Å². The van der Waals surface area contributed by atoms with Gasteiger partial charge in [0, 0.05) is 11.8 Å². The third kappa shape index (κ3) is 3.60. The van der Waals surface area contributed by atoms with E-state index in [0.29, 0.717) is 5.56 Å². The number of alkyl halides is 2. The van der Waals surface area contributed by atoms with Gasteiger partial charge in [0.05, 0.1) is 5.56 Å². The summed E-state index contributed by atoms with van der Waals surface area (Å²) in [4.78, 5) is 23.5. The fraction of sp³-hybridized carbons (Fsp3) is 0.125. The van der Waals surface area contributed by atoms with Gasteiger partial charge in [-0.25, -0.2) is 4.79 Å². The molecular weight excluding hydrogens is 324 g/mol. The van der Waals surface area contributed by atoms with E-state index in [2.05, 4.69) is 14.8 Å². The van der Waals surface area contributed by atoms with Crippen molar-refractivity contribution in [1.29, 1.82) is 0 Å². The van der Waals surface area contributed by atoms with E-state index in [1.807, 2.05) is 0 Å². The summed E-state index contributed by atoms with van der Waals surface area (Å²) in [6, 6.07) is 12.0. The van der Waals surface area contributed by atoms with Crippen molar-refractivity contribution in [2.75, 3.05) is 11.9 Å². The average molecular weight is 335 g/mol. The molecule has 124 valence electrons. The van der Waals surface area contributed by atoms with Gasteiger partial charge in [-0.1, -0.05) is 18.2 Å². The standard InChI is InChI=1S/C16H11F2NO5/c17-16(18)23-12-7-6-11(8-13(12)24-16)19-14(20)9-22-15(21)10-4-2-1-3-5-10/h1-8H,9H2,(H,19,20). The van der Waals surface area contributed by atoms with Gasteiger partial charge in [-0.05, 0) is 24.3 Å². The minimum atomic E-state index is -3.73. The lowest BCUT2D eigenvalue weighted by Crippen LogP contribution is -2.25. The van der Waals surface area contributed by atoms with Gasteiger partial charge in [0.2, 0.25) is 0 Å². The first-order valence-corrected chi connectivity index (χ1v) is 6.85. The van der Waals surface area contributed by atoms with Crippen LogP contribution in [0.3, 0.4) is 0 Å². The van der Waals surface area contributed by atoms with E-state index in [0.717, 1.165) is 0 Å². The van der Waals surface area contributed by atoms with Crippen molar-refractivity contribution in [2.45, 2.75) is 6.29 Å². The third-order valence-corrected chi connectivity index (χ3v) is 3.03. The molecule has 0 saturated carbocycles. The van der Waals surface area contributed by atoms with Crippen LogP contribution in [0, 0.1) is 0 Å². The molecule has 8 heteroatoms. The molecule has 0 bridgehead atoms. The third-order valence-electron chi connectivity index (χ3n) is 3.03. The summed E-state index contributed by atoms with van der Waals surface area (Å²) in [7, 11) is 0. The second-order valence-corrected chi connectivity index (χ2v) is 4.82. The maximum atomic E-state index is 12.9. The van der Waals surface area contributed by atoms with E-state index in [1.165, 1.54) is 18.2 Å². The van der Waals surface area contributed by atoms with Crippen LogP contribution in [-0.4, -0.2) is 24.8 Å². The number of anilines is 1. The van der Waals surface area contributed by atoms with Crippen molar-refractivity contribution in [3.63, 3.8) is 0 Å². The number of benzene rings is 2. The highest BCUT2D eigenvalue weighted by Gasteiger charge is 2.43. The van der Waals surface area contributed by atoms with Crippen LogP contribution < -0.4 is 14.8 Å². The molecule has 1 aliphatic rings. The predicted molar refractivity (Wildman–Crippen MR) is 78.0 cm³/mol. The first-order valence-electron chi connectivity index (χ1n) is 6.85. The number of carbonyl (C=O) groups excluding carboxylic acids is 2. The number of fused-ring (bicyclic) bond motifs is 1. The van der Waals surface area contributed by atoms with E-state index >= 15 is 0 Å². The summed E-state index contributed by atoms with van der Waals surface area (Å²) in [6.07, 6.45) is -3.73. The smallest absolute Gasteiger partial charge is 0.452 e. The highest BCUT2D eigenvalue weighted by molar-refractivity contribution is 5.95. The summed E-state index contributed by atoms with van der Waals surface area (Å²) in [5.41, 5.74) is 0.520. The van der Waals surface area contributed by atoms with Gasteiger partial charge in [-0.15, -0.1) is 8.78 Å². The quantitative estimate of drug-likeness (QED) is 0.870. The molecule has 0 spiro atoms. The van der Waals surface area contributed by atoms with Crippen LogP contribution in [0.5, 0.6) is 11.5 Å². The molecule has 1 N–H and O–H groups in total. The Morgan fingerprint density at radius 1 is 1.04 bits per heavy atom. The highest BCUT2D eigenvalue weighted by atomic mass is 19.3. The summed E-state index contributed by atoms with van der Waals surface area (Å²) < 4.78 is 39.2. The van der Waals surface area contributed by atoms with E-state index < -0.39 is 24.8 Å². The predicted octanol–water partition coefficient (Wildman–Crippen LogP) is 2.80. The number of halogens is 2. The lowest BCUT2D eigenvalue weighted by Gasteiger charge is -2.07. The Hall–Kier alpha value is -3.16. The number of rotatable bonds is 4. The first-order chi connectivity index (χ1) is 11.4. The Morgan fingerprint density at radius 3 is 2.50 bits per heavy atom. The Morgan fingerprint density at radius 2 is 1.75 bits per heavy atom. The molecular formula is C16H11F2NO5. The van der Waals surface area contributed by atoms with Gasteiger partial charge in [0.15, 0.2) is 18.1 Å². The largest absolute Gasteiger partial charge is 0.586 e. The summed E-state index contributed by atoms with van der Waals surface area (Å²) in [5.74, 6) is -1.59. The molecule has 2 aromatic rings. The van der Waals surface area contributed by atoms with Crippen LogP contribution >= 0.6 is 0 Å². The monoisotopic (exact) mass is 335 g/mol. The van der Waals surface area contributed by atoms with Crippen LogP contribution in [0.25, 0.3) is 0 Å². The van der Waals surface area contributed by atoms with E-state index in [4.69, 9.17) is 4.74 Å². The van der Waals surface area contributed by atoms with Gasteiger partial charge < -0.3 is 19.5 Å². The van der Waals surface area contributed by atoms with E-state index in [-0.39, 0.29) is 17.2 Å². The summed E-state index contributed by atoms with van der Waals surface area (Å²) >= 11 is 0. The summed E-state index contributed by atoms with van der Waals surface area (Å²) in [6.45, 7) is -0.516. The highest BCUT2D eigenvalue weighted by Crippen LogP contribution is 2.42. The second-order valence-electron chi connectivity index (χ2n) is 4.82. The van der Waals surface area contributed by atoms with Crippen LogP contribution in [0.4, 0.5) is 14.5 Å². The topological polar surface area (TPSA) is 73.9 Å². The molecule has 0 unspecified atom stereocenters. The minimum Gasteiger partial charge on any atom is -0.452 e. The van der Waals surface area contributed by atoms with Gasteiger partial charge >= 0.3 is 12.3 Å². The van der Waals surface area contributed by atoms with Gasteiger partial charge in [-0.3, -0.25) is 4.79 Å². The maximum Gasteiger partial charge on any atom is 0.586 e. The molecule has 6 nitrogen and oxygen atoms in total. The van der Waals surface area contributed by atoms with Crippen molar-refractivity contribution in [2.24, 2.45) is 0 Å². The SMILES string of the molecule is O=C(COC(=O)c1ccccc1)Nc1ccc2c(c1)OC(F)(F)O2. The van der Waals surface area contributed by atoms with Crippen molar-refractivity contribution in [3.05, 3.63) is 54.1 Å². The van der Waals surface area contributed by atoms with Crippen molar-refractivity contribution >= 4 is 17.6 Å².